The van der Waals surface area contributed by atoms with Gasteiger partial charge in [-0.25, -0.2) is 9.67 Å². The summed E-state index contributed by atoms with van der Waals surface area (Å²) in [5.74, 6) is 0.448. The number of aryl methyl sites for hydroxylation is 1. The minimum atomic E-state index is -0.307. The lowest BCUT2D eigenvalue weighted by Crippen LogP contribution is -2.24. The summed E-state index contributed by atoms with van der Waals surface area (Å²) in [5, 5.41) is 7.40. The average Bonchev–Trinajstić information content (AvgIpc) is 3.19. The molecule has 0 fully saturated rings. The first-order valence-corrected chi connectivity index (χ1v) is 10.0. The highest BCUT2D eigenvalue weighted by Gasteiger charge is 2.18. The van der Waals surface area contributed by atoms with Gasteiger partial charge in [0.1, 0.15) is 0 Å². The van der Waals surface area contributed by atoms with Gasteiger partial charge in [-0.2, -0.15) is 0 Å². The molecule has 3 aromatic carbocycles. The highest BCUT2D eigenvalue weighted by Crippen LogP contribution is 2.23. The number of nitrogens with one attached hydrogen (secondary N) is 1. The van der Waals surface area contributed by atoms with E-state index >= 15 is 0 Å². The Kier molecular flexibility index (Phi) is 5.53. The number of carbonyl (C=O) groups is 1. The Morgan fingerprint density at radius 1 is 0.966 bits per heavy atom. The topological polar surface area (TPSA) is 59.8 Å². The first kappa shape index (κ1) is 19.1. The van der Waals surface area contributed by atoms with Crippen LogP contribution in [-0.4, -0.2) is 20.7 Å². The standard InChI is InChI=1S/C23H19BrN4O/c1-16-7-13-20(14-8-16)28-22(18-9-11-19(24)12-10-18)26-21(27-28)23(29)25-15-17-5-3-2-4-6-17/h2-14H,15H2,1H3,(H,25,29). The van der Waals surface area contributed by atoms with Crippen LogP contribution in [0.25, 0.3) is 17.1 Å². The van der Waals surface area contributed by atoms with Crippen LogP contribution < -0.4 is 5.32 Å². The number of aromatic nitrogens is 3. The number of hydrogen-bond donors (Lipinski definition) is 1. The summed E-state index contributed by atoms with van der Waals surface area (Å²) in [4.78, 5) is 17.2. The number of carbonyl (C=O) groups excluding carboxylic acids is 1. The molecule has 0 aliphatic carbocycles. The number of nitrogens with zero attached hydrogens (tertiary/aromatic N) is 3. The van der Waals surface area contributed by atoms with Gasteiger partial charge in [-0.05, 0) is 36.8 Å². The third-order valence-corrected chi connectivity index (χ3v) is 5.02. The Bertz CT molecular complexity index is 1060. The minimum Gasteiger partial charge on any atom is -0.345 e. The molecule has 0 aliphatic rings. The molecule has 0 bridgehead atoms. The van der Waals surface area contributed by atoms with Crippen LogP contribution in [0.2, 0.25) is 0 Å². The average molecular weight is 447 g/mol. The summed E-state index contributed by atoms with van der Waals surface area (Å²) in [6.07, 6.45) is 0. The first-order valence-electron chi connectivity index (χ1n) is 9.22. The molecule has 0 saturated carbocycles. The number of rotatable bonds is 5. The summed E-state index contributed by atoms with van der Waals surface area (Å²) in [7, 11) is 0. The van der Waals surface area contributed by atoms with Crippen molar-refractivity contribution < 1.29 is 4.79 Å². The van der Waals surface area contributed by atoms with Crippen LogP contribution in [0, 0.1) is 6.92 Å². The first-order chi connectivity index (χ1) is 14.1. The molecule has 0 radical (unpaired) electrons. The molecule has 1 aromatic heterocycles. The molecule has 4 rings (SSSR count). The number of amides is 1. The molecule has 0 unspecified atom stereocenters. The summed E-state index contributed by atoms with van der Waals surface area (Å²) in [5.41, 5.74) is 3.90. The van der Waals surface area contributed by atoms with E-state index in [9.17, 15) is 4.79 Å². The Hall–Kier alpha value is -3.25. The highest BCUT2D eigenvalue weighted by atomic mass is 79.9. The van der Waals surface area contributed by atoms with E-state index in [-0.39, 0.29) is 11.7 Å². The van der Waals surface area contributed by atoms with Crippen molar-refractivity contribution in [2.45, 2.75) is 13.5 Å². The summed E-state index contributed by atoms with van der Waals surface area (Å²) < 4.78 is 2.68. The van der Waals surface area contributed by atoms with E-state index in [1.807, 2.05) is 85.8 Å². The molecule has 0 saturated heterocycles. The second-order valence-electron chi connectivity index (χ2n) is 6.68. The third kappa shape index (κ3) is 4.43. The normalized spacial score (nSPS) is 10.7. The molecule has 1 heterocycles. The Balaban J connectivity index is 1.68. The van der Waals surface area contributed by atoms with E-state index in [1.165, 1.54) is 0 Å². The van der Waals surface area contributed by atoms with Gasteiger partial charge in [0.2, 0.25) is 5.82 Å². The van der Waals surface area contributed by atoms with Crippen LogP contribution in [0.15, 0.2) is 83.3 Å². The van der Waals surface area contributed by atoms with Crippen molar-refractivity contribution in [1.82, 2.24) is 20.1 Å². The second kappa shape index (κ2) is 8.41. The van der Waals surface area contributed by atoms with Gasteiger partial charge in [-0.3, -0.25) is 4.79 Å². The largest absolute Gasteiger partial charge is 0.345 e. The van der Waals surface area contributed by atoms with Gasteiger partial charge >= 0.3 is 0 Å². The second-order valence-corrected chi connectivity index (χ2v) is 7.60. The van der Waals surface area contributed by atoms with Gasteiger partial charge < -0.3 is 5.32 Å². The molecular weight excluding hydrogens is 428 g/mol. The predicted molar refractivity (Wildman–Crippen MR) is 117 cm³/mol. The molecular formula is C23H19BrN4O. The van der Waals surface area contributed by atoms with E-state index in [0.29, 0.717) is 12.4 Å². The summed E-state index contributed by atoms with van der Waals surface area (Å²) in [6.45, 7) is 2.45. The van der Waals surface area contributed by atoms with Crippen molar-refractivity contribution in [1.29, 1.82) is 0 Å². The zero-order valence-electron chi connectivity index (χ0n) is 15.8. The Morgan fingerprint density at radius 3 is 2.34 bits per heavy atom. The van der Waals surface area contributed by atoms with Gasteiger partial charge in [0.05, 0.1) is 5.69 Å². The highest BCUT2D eigenvalue weighted by molar-refractivity contribution is 9.10. The van der Waals surface area contributed by atoms with E-state index in [2.05, 4.69) is 31.3 Å². The molecule has 144 valence electrons. The van der Waals surface area contributed by atoms with Gasteiger partial charge in [0.15, 0.2) is 5.82 Å². The maximum absolute atomic E-state index is 12.7. The molecule has 29 heavy (non-hydrogen) atoms. The van der Waals surface area contributed by atoms with Crippen LogP contribution in [0.3, 0.4) is 0 Å². The Morgan fingerprint density at radius 2 is 1.66 bits per heavy atom. The maximum Gasteiger partial charge on any atom is 0.291 e. The molecule has 0 spiro atoms. The fourth-order valence-electron chi connectivity index (χ4n) is 2.92. The monoisotopic (exact) mass is 446 g/mol. The number of halogens is 1. The molecule has 1 N–H and O–H groups in total. The van der Waals surface area contributed by atoms with Gasteiger partial charge in [0, 0.05) is 16.6 Å². The van der Waals surface area contributed by atoms with Gasteiger partial charge in [-0.1, -0.05) is 76.1 Å². The predicted octanol–water partition coefficient (Wildman–Crippen LogP) is 4.94. The fraction of sp³-hybridized carbons (Fsp3) is 0.0870. The van der Waals surface area contributed by atoms with Crippen molar-refractivity contribution in [2.75, 3.05) is 0 Å². The number of hydrogen-bond acceptors (Lipinski definition) is 3. The molecule has 0 atom stereocenters. The van der Waals surface area contributed by atoms with Crippen LogP contribution >= 0.6 is 15.9 Å². The Labute approximate surface area is 177 Å². The SMILES string of the molecule is Cc1ccc(-n2nc(C(=O)NCc3ccccc3)nc2-c2ccc(Br)cc2)cc1. The lowest BCUT2D eigenvalue weighted by molar-refractivity contribution is 0.0940. The van der Waals surface area contributed by atoms with E-state index in [0.717, 1.165) is 26.9 Å². The lowest BCUT2D eigenvalue weighted by Gasteiger charge is -2.06. The van der Waals surface area contributed by atoms with E-state index < -0.39 is 0 Å². The zero-order chi connectivity index (χ0) is 20.2. The minimum absolute atomic E-state index is 0.138. The van der Waals surface area contributed by atoms with Crippen molar-refractivity contribution in [2.24, 2.45) is 0 Å². The molecule has 4 aromatic rings. The van der Waals surface area contributed by atoms with Crippen molar-refractivity contribution >= 4 is 21.8 Å². The number of benzene rings is 3. The van der Waals surface area contributed by atoms with E-state index in [1.54, 1.807) is 4.68 Å². The molecule has 1 amide bonds. The smallest absolute Gasteiger partial charge is 0.291 e. The van der Waals surface area contributed by atoms with E-state index in [4.69, 9.17) is 0 Å². The van der Waals surface area contributed by atoms with Crippen molar-refractivity contribution in [3.63, 3.8) is 0 Å². The van der Waals surface area contributed by atoms with Crippen LogP contribution in [-0.2, 0) is 6.54 Å². The summed E-state index contributed by atoms with van der Waals surface area (Å²) in [6, 6.07) is 25.5. The molecule has 0 aliphatic heterocycles. The fourth-order valence-corrected chi connectivity index (χ4v) is 3.18. The van der Waals surface area contributed by atoms with Crippen molar-refractivity contribution in [3.8, 4) is 17.1 Å². The quantitative estimate of drug-likeness (QED) is 0.472. The zero-order valence-corrected chi connectivity index (χ0v) is 17.4. The molecule has 6 heteroatoms. The van der Waals surface area contributed by atoms with Crippen molar-refractivity contribution in [3.05, 3.63) is 100 Å². The maximum atomic E-state index is 12.7. The lowest BCUT2D eigenvalue weighted by atomic mass is 10.2. The van der Waals surface area contributed by atoms with Gasteiger partial charge in [-0.15, -0.1) is 5.10 Å². The summed E-state index contributed by atoms with van der Waals surface area (Å²) >= 11 is 3.45. The molecule has 5 nitrogen and oxygen atoms in total. The van der Waals surface area contributed by atoms with Crippen LogP contribution in [0.1, 0.15) is 21.7 Å². The third-order valence-electron chi connectivity index (χ3n) is 4.49. The van der Waals surface area contributed by atoms with Crippen LogP contribution in [0.5, 0.6) is 0 Å². The van der Waals surface area contributed by atoms with Gasteiger partial charge in [0.25, 0.3) is 5.91 Å². The van der Waals surface area contributed by atoms with Crippen LogP contribution in [0.4, 0.5) is 0 Å².